The van der Waals surface area contributed by atoms with Crippen molar-refractivity contribution in [1.82, 2.24) is 4.90 Å². The Labute approximate surface area is 134 Å². The molecule has 0 saturated carbocycles. The number of nitrogens with two attached hydrogens (primary N) is 1. The lowest BCUT2D eigenvalue weighted by molar-refractivity contribution is 0.266. The molecule has 21 heavy (non-hydrogen) atoms. The lowest BCUT2D eigenvalue weighted by Gasteiger charge is -2.25. The molecule has 1 saturated heterocycles. The molecule has 1 heterocycles. The van der Waals surface area contributed by atoms with E-state index in [0.717, 1.165) is 31.0 Å². The van der Waals surface area contributed by atoms with Crippen molar-refractivity contribution in [3.05, 3.63) is 28.8 Å². The van der Waals surface area contributed by atoms with Crippen molar-refractivity contribution in [2.24, 2.45) is 11.7 Å². The fraction of sp³-hybridized carbons (Fsp3) is 0.647. The van der Waals surface area contributed by atoms with Crippen LogP contribution in [0.2, 0.25) is 5.02 Å². The van der Waals surface area contributed by atoms with E-state index in [2.05, 4.69) is 49.9 Å². The van der Waals surface area contributed by atoms with Gasteiger partial charge in [0.2, 0.25) is 0 Å². The quantitative estimate of drug-likeness (QED) is 0.907. The minimum atomic E-state index is 0.217. The molecular weight excluding hydrogens is 282 g/mol. The van der Waals surface area contributed by atoms with E-state index in [4.69, 9.17) is 17.3 Å². The standard InChI is InChI=1S/C17H28ClN3/c1-5-15(19)8-13-6-7-14(18)9-16(13)21-10-12(2)17(11-21)20(3)4/h6-7,9,12,15,17H,5,8,10-11,19H2,1-4H3. The zero-order valence-corrected chi connectivity index (χ0v) is 14.4. The molecule has 0 bridgehead atoms. The summed E-state index contributed by atoms with van der Waals surface area (Å²) in [6.07, 6.45) is 1.92. The highest BCUT2D eigenvalue weighted by atomic mass is 35.5. The first-order valence-electron chi connectivity index (χ1n) is 7.87. The Hall–Kier alpha value is -0.770. The van der Waals surface area contributed by atoms with E-state index in [9.17, 15) is 0 Å². The van der Waals surface area contributed by atoms with Crippen LogP contribution in [0.4, 0.5) is 5.69 Å². The summed E-state index contributed by atoms with van der Waals surface area (Å²) in [5.41, 5.74) is 8.74. The molecule has 0 aliphatic carbocycles. The maximum atomic E-state index is 6.23. The average molecular weight is 310 g/mol. The van der Waals surface area contributed by atoms with E-state index in [-0.39, 0.29) is 6.04 Å². The number of hydrogen-bond donors (Lipinski definition) is 1. The Morgan fingerprint density at radius 2 is 2.10 bits per heavy atom. The van der Waals surface area contributed by atoms with Crippen molar-refractivity contribution < 1.29 is 0 Å². The second-order valence-corrected chi connectivity index (χ2v) is 7.00. The molecule has 0 radical (unpaired) electrons. The summed E-state index contributed by atoms with van der Waals surface area (Å²) in [4.78, 5) is 4.80. The highest BCUT2D eigenvalue weighted by Gasteiger charge is 2.32. The maximum Gasteiger partial charge on any atom is 0.0426 e. The molecule has 1 aromatic rings. The van der Waals surface area contributed by atoms with Gasteiger partial charge < -0.3 is 15.5 Å². The molecule has 3 atom stereocenters. The lowest BCUT2D eigenvalue weighted by atomic mass is 10.0. The van der Waals surface area contributed by atoms with Crippen LogP contribution in [-0.4, -0.2) is 44.2 Å². The second-order valence-electron chi connectivity index (χ2n) is 6.56. The molecule has 2 rings (SSSR count). The highest BCUT2D eigenvalue weighted by Crippen LogP contribution is 2.31. The fourth-order valence-electron chi connectivity index (χ4n) is 3.25. The SMILES string of the molecule is CCC(N)Cc1ccc(Cl)cc1N1CC(C)C(N(C)C)C1. The first-order chi connectivity index (χ1) is 9.92. The zero-order chi connectivity index (χ0) is 15.6. The summed E-state index contributed by atoms with van der Waals surface area (Å²) >= 11 is 6.23. The highest BCUT2D eigenvalue weighted by molar-refractivity contribution is 6.30. The van der Waals surface area contributed by atoms with Crippen LogP contribution in [0.15, 0.2) is 18.2 Å². The molecule has 4 heteroatoms. The normalized spacial score (nSPS) is 23.9. The molecule has 1 aliphatic rings. The summed E-state index contributed by atoms with van der Waals surface area (Å²) in [6, 6.07) is 7.03. The maximum absolute atomic E-state index is 6.23. The molecule has 1 aromatic carbocycles. The van der Waals surface area contributed by atoms with Gasteiger partial charge in [-0.3, -0.25) is 0 Å². The Kier molecular flexibility index (Phi) is 5.53. The van der Waals surface area contributed by atoms with Crippen LogP contribution in [0.1, 0.15) is 25.8 Å². The van der Waals surface area contributed by atoms with Crippen molar-refractivity contribution in [3.8, 4) is 0 Å². The third-order valence-corrected chi connectivity index (χ3v) is 4.87. The van der Waals surface area contributed by atoms with Gasteiger partial charge in [0.05, 0.1) is 0 Å². The van der Waals surface area contributed by atoms with Crippen LogP contribution in [0, 0.1) is 5.92 Å². The van der Waals surface area contributed by atoms with Crippen LogP contribution >= 0.6 is 11.6 Å². The number of anilines is 1. The van der Waals surface area contributed by atoms with Gasteiger partial charge in [0.15, 0.2) is 0 Å². The third-order valence-electron chi connectivity index (χ3n) is 4.63. The zero-order valence-electron chi connectivity index (χ0n) is 13.6. The summed E-state index contributed by atoms with van der Waals surface area (Å²) in [5.74, 6) is 0.659. The van der Waals surface area contributed by atoms with Gasteiger partial charge in [0.1, 0.15) is 0 Å². The Morgan fingerprint density at radius 1 is 1.38 bits per heavy atom. The van der Waals surface area contributed by atoms with Gasteiger partial charge in [-0.15, -0.1) is 0 Å². The molecule has 0 aromatic heterocycles. The van der Waals surface area contributed by atoms with Crippen LogP contribution in [0.5, 0.6) is 0 Å². The molecule has 3 nitrogen and oxygen atoms in total. The van der Waals surface area contributed by atoms with Crippen molar-refractivity contribution in [2.75, 3.05) is 32.1 Å². The third kappa shape index (κ3) is 3.91. The first-order valence-corrected chi connectivity index (χ1v) is 8.25. The van der Waals surface area contributed by atoms with Crippen LogP contribution < -0.4 is 10.6 Å². The van der Waals surface area contributed by atoms with E-state index in [1.807, 2.05) is 6.07 Å². The predicted molar refractivity (Wildman–Crippen MR) is 92.3 cm³/mol. The van der Waals surface area contributed by atoms with E-state index in [1.165, 1.54) is 11.3 Å². The Morgan fingerprint density at radius 3 is 2.67 bits per heavy atom. The summed E-state index contributed by atoms with van der Waals surface area (Å²) in [6.45, 7) is 6.60. The number of rotatable bonds is 5. The smallest absolute Gasteiger partial charge is 0.0426 e. The minimum Gasteiger partial charge on any atom is -0.369 e. The lowest BCUT2D eigenvalue weighted by Crippen LogP contribution is -2.34. The van der Waals surface area contributed by atoms with E-state index < -0.39 is 0 Å². The van der Waals surface area contributed by atoms with Gasteiger partial charge in [0.25, 0.3) is 0 Å². The van der Waals surface area contributed by atoms with Gasteiger partial charge in [-0.05, 0) is 50.6 Å². The average Bonchev–Trinajstić information content (AvgIpc) is 2.82. The molecule has 0 spiro atoms. The molecule has 0 amide bonds. The monoisotopic (exact) mass is 309 g/mol. The van der Waals surface area contributed by atoms with E-state index in [1.54, 1.807) is 0 Å². The fourth-order valence-corrected chi connectivity index (χ4v) is 3.42. The Balaban J connectivity index is 2.24. The van der Waals surface area contributed by atoms with Gasteiger partial charge in [-0.25, -0.2) is 0 Å². The summed E-state index contributed by atoms with van der Waals surface area (Å²) in [7, 11) is 4.33. The number of hydrogen-bond acceptors (Lipinski definition) is 3. The van der Waals surface area contributed by atoms with Gasteiger partial charge in [-0.1, -0.05) is 31.5 Å². The van der Waals surface area contributed by atoms with Crippen molar-refractivity contribution in [3.63, 3.8) is 0 Å². The Bertz CT molecular complexity index is 475. The minimum absolute atomic E-state index is 0.217. The van der Waals surface area contributed by atoms with Gasteiger partial charge >= 0.3 is 0 Å². The van der Waals surface area contributed by atoms with Crippen molar-refractivity contribution in [2.45, 2.75) is 38.8 Å². The molecule has 118 valence electrons. The topological polar surface area (TPSA) is 32.5 Å². The number of halogens is 1. The number of benzene rings is 1. The van der Waals surface area contributed by atoms with Crippen LogP contribution in [-0.2, 0) is 6.42 Å². The van der Waals surface area contributed by atoms with Crippen LogP contribution in [0.25, 0.3) is 0 Å². The van der Waals surface area contributed by atoms with Crippen molar-refractivity contribution in [1.29, 1.82) is 0 Å². The van der Waals surface area contributed by atoms with Gasteiger partial charge in [-0.2, -0.15) is 0 Å². The molecule has 3 unspecified atom stereocenters. The molecule has 1 fully saturated rings. The molecular formula is C17H28ClN3. The molecule has 1 aliphatic heterocycles. The largest absolute Gasteiger partial charge is 0.369 e. The second kappa shape index (κ2) is 6.99. The van der Waals surface area contributed by atoms with Crippen LogP contribution in [0.3, 0.4) is 0 Å². The van der Waals surface area contributed by atoms with E-state index in [0.29, 0.717) is 12.0 Å². The van der Waals surface area contributed by atoms with E-state index >= 15 is 0 Å². The van der Waals surface area contributed by atoms with Gasteiger partial charge in [0, 0.05) is 35.9 Å². The summed E-state index contributed by atoms with van der Waals surface area (Å²) < 4.78 is 0. The first kappa shape index (κ1) is 16.6. The van der Waals surface area contributed by atoms with Crippen molar-refractivity contribution >= 4 is 17.3 Å². The predicted octanol–water partition coefficient (Wildman–Crippen LogP) is 3.01. The molecule has 2 N–H and O–H groups in total. The number of likely N-dealkylation sites (N-methyl/N-ethyl adjacent to an activating group) is 1. The summed E-state index contributed by atoms with van der Waals surface area (Å²) in [5, 5.41) is 0.805. The number of nitrogens with zero attached hydrogens (tertiary/aromatic N) is 2.